The Kier molecular flexibility index (Phi) is 0.518. The van der Waals surface area contributed by atoms with Crippen molar-refractivity contribution in [2.75, 3.05) is 0 Å². The largest absolute Gasteiger partial charge is 0.0599 e. The van der Waals surface area contributed by atoms with E-state index >= 15 is 0 Å². The molecule has 50 valence electrons. The molecular formula is C9H14. The minimum absolute atomic E-state index is 0.721. The second-order valence-corrected chi connectivity index (χ2v) is 5.05. The van der Waals surface area contributed by atoms with Crippen LogP contribution in [-0.4, -0.2) is 0 Å². The Labute approximate surface area is 56.6 Å². The van der Waals surface area contributed by atoms with Gasteiger partial charge in [0.15, 0.2) is 0 Å². The SMILES string of the molecule is CC1(C)CC2C3C(C1)C23. The molecule has 2 bridgehead atoms. The van der Waals surface area contributed by atoms with Gasteiger partial charge < -0.3 is 0 Å². The third-order valence-corrected chi connectivity index (χ3v) is 3.72. The van der Waals surface area contributed by atoms with Crippen molar-refractivity contribution in [3.63, 3.8) is 0 Å². The van der Waals surface area contributed by atoms with Gasteiger partial charge in [-0.3, -0.25) is 0 Å². The molecule has 4 aliphatic carbocycles. The van der Waals surface area contributed by atoms with Crippen molar-refractivity contribution in [2.24, 2.45) is 29.1 Å². The molecule has 0 amide bonds. The standard InChI is InChI=1S/C9H14/c1-9(2)3-5-7-6(4-9)8(5)7/h5-8H,3-4H2,1-2H3. The summed E-state index contributed by atoms with van der Waals surface area (Å²) in [5.41, 5.74) is 0.721. The lowest BCUT2D eigenvalue weighted by atomic mass is 9.71. The van der Waals surface area contributed by atoms with Crippen LogP contribution in [0.25, 0.3) is 0 Å². The molecule has 0 aromatic carbocycles. The van der Waals surface area contributed by atoms with Crippen molar-refractivity contribution in [1.82, 2.24) is 0 Å². The summed E-state index contributed by atoms with van der Waals surface area (Å²) >= 11 is 0. The van der Waals surface area contributed by atoms with Gasteiger partial charge in [-0.05, 0) is 41.9 Å². The van der Waals surface area contributed by atoms with Crippen molar-refractivity contribution < 1.29 is 0 Å². The van der Waals surface area contributed by atoms with Crippen molar-refractivity contribution in [3.8, 4) is 0 Å². The Morgan fingerprint density at radius 3 is 1.78 bits per heavy atom. The van der Waals surface area contributed by atoms with Gasteiger partial charge in [0.1, 0.15) is 0 Å². The minimum Gasteiger partial charge on any atom is -0.0599 e. The van der Waals surface area contributed by atoms with Gasteiger partial charge in [0.2, 0.25) is 0 Å². The van der Waals surface area contributed by atoms with Crippen LogP contribution in [0.3, 0.4) is 0 Å². The van der Waals surface area contributed by atoms with Crippen molar-refractivity contribution in [2.45, 2.75) is 26.7 Å². The van der Waals surface area contributed by atoms with E-state index in [-0.39, 0.29) is 0 Å². The monoisotopic (exact) mass is 122 g/mol. The molecule has 0 unspecified atom stereocenters. The molecule has 0 aromatic rings. The Hall–Kier alpha value is 0. The van der Waals surface area contributed by atoms with Crippen molar-refractivity contribution in [3.05, 3.63) is 0 Å². The van der Waals surface area contributed by atoms with Gasteiger partial charge >= 0.3 is 0 Å². The average molecular weight is 122 g/mol. The number of rotatable bonds is 0. The Balaban J connectivity index is 1.86. The Bertz CT molecular complexity index is 143. The molecule has 9 heavy (non-hydrogen) atoms. The van der Waals surface area contributed by atoms with Crippen molar-refractivity contribution in [1.29, 1.82) is 0 Å². The summed E-state index contributed by atoms with van der Waals surface area (Å²) in [6.45, 7) is 4.87. The molecule has 0 saturated heterocycles. The quantitative estimate of drug-likeness (QED) is 0.462. The first-order valence-corrected chi connectivity index (χ1v) is 4.19. The molecule has 0 aromatic heterocycles. The second kappa shape index (κ2) is 0.980. The molecule has 4 rings (SSSR count). The van der Waals surface area contributed by atoms with Gasteiger partial charge in [0, 0.05) is 0 Å². The van der Waals surface area contributed by atoms with Crippen molar-refractivity contribution >= 4 is 0 Å². The fraction of sp³-hybridized carbons (Fsp3) is 1.00. The van der Waals surface area contributed by atoms with E-state index in [1.54, 1.807) is 12.8 Å². The molecule has 4 fully saturated rings. The van der Waals surface area contributed by atoms with Gasteiger partial charge in [-0.25, -0.2) is 0 Å². The minimum atomic E-state index is 0.721. The van der Waals surface area contributed by atoms with E-state index in [2.05, 4.69) is 13.8 Å². The van der Waals surface area contributed by atoms with E-state index in [1.165, 1.54) is 23.7 Å². The molecule has 4 aliphatic rings. The topological polar surface area (TPSA) is 0 Å². The second-order valence-electron chi connectivity index (χ2n) is 5.05. The first kappa shape index (κ1) is 4.76. The predicted octanol–water partition coefficient (Wildman–Crippen LogP) is 2.30. The number of hydrogen-bond donors (Lipinski definition) is 0. The van der Waals surface area contributed by atoms with Gasteiger partial charge in [-0.2, -0.15) is 0 Å². The maximum absolute atomic E-state index is 2.44. The van der Waals surface area contributed by atoms with Crippen LogP contribution in [0.4, 0.5) is 0 Å². The van der Waals surface area contributed by atoms with Crippen LogP contribution in [0.15, 0.2) is 0 Å². The van der Waals surface area contributed by atoms with Gasteiger partial charge in [-0.15, -0.1) is 0 Å². The van der Waals surface area contributed by atoms with Crippen LogP contribution in [0.5, 0.6) is 0 Å². The highest BCUT2D eigenvalue weighted by molar-refractivity contribution is 5.23. The lowest BCUT2D eigenvalue weighted by molar-refractivity contribution is 0.157. The normalized spacial score (nSPS) is 64.7. The Morgan fingerprint density at radius 2 is 1.44 bits per heavy atom. The van der Waals surface area contributed by atoms with Crippen LogP contribution < -0.4 is 0 Å². The summed E-state index contributed by atoms with van der Waals surface area (Å²) in [4.78, 5) is 0. The molecule has 0 N–H and O–H groups in total. The first-order chi connectivity index (χ1) is 4.19. The molecule has 0 spiro atoms. The van der Waals surface area contributed by atoms with Gasteiger partial charge in [0.05, 0.1) is 0 Å². The molecule has 0 radical (unpaired) electrons. The summed E-state index contributed by atoms with van der Waals surface area (Å²) in [7, 11) is 0. The average Bonchev–Trinajstić information content (AvgIpc) is 2.51. The lowest BCUT2D eigenvalue weighted by Crippen LogP contribution is -2.25. The van der Waals surface area contributed by atoms with Crippen LogP contribution in [0.1, 0.15) is 26.7 Å². The summed E-state index contributed by atoms with van der Waals surface area (Å²) in [5, 5.41) is 0. The third kappa shape index (κ3) is 0.426. The van der Waals surface area contributed by atoms with Crippen LogP contribution >= 0.6 is 0 Å². The molecule has 0 heteroatoms. The van der Waals surface area contributed by atoms with Gasteiger partial charge in [0.25, 0.3) is 0 Å². The van der Waals surface area contributed by atoms with E-state index in [9.17, 15) is 0 Å². The molecule has 0 heterocycles. The van der Waals surface area contributed by atoms with Crippen LogP contribution in [0, 0.1) is 29.1 Å². The smallest absolute Gasteiger partial charge is 0.0317 e. The lowest BCUT2D eigenvalue weighted by Gasteiger charge is -2.34. The maximum atomic E-state index is 2.44. The number of fused-ring (bicyclic) bond motifs is 2. The molecule has 0 atom stereocenters. The van der Waals surface area contributed by atoms with E-state index in [0.717, 1.165) is 5.41 Å². The molecular weight excluding hydrogens is 108 g/mol. The predicted molar refractivity (Wildman–Crippen MR) is 37.0 cm³/mol. The Morgan fingerprint density at radius 1 is 1.00 bits per heavy atom. The fourth-order valence-corrected chi connectivity index (χ4v) is 3.25. The number of hydrogen-bond acceptors (Lipinski definition) is 0. The highest BCUT2D eigenvalue weighted by Gasteiger charge is 2.76. The highest BCUT2D eigenvalue weighted by atomic mass is 14.8. The zero-order chi connectivity index (χ0) is 6.22. The highest BCUT2D eigenvalue weighted by Crippen LogP contribution is 2.81. The fourth-order valence-electron chi connectivity index (χ4n) is 3.25. The maximum Gasteiger partial charge on any atom is -0.0317 e. The van der Waals surface area contributed by atoms with Crippen LogP contribution in [-0.2, 0) is 0 Å². The van der Waals surface area contributed by atoms with Gasteiger partial charge in [-0.1, -0.05) is 13.8 Å². The molecule has 0 aliphatic heterocycles. The summed E-state index contributed by atoms with van der Waals surface area (Å²) in [5.74, 6) is 4.91. The zero-order valence-corrected chi connectivity index (χ0v) is 6.22. The summed E-state index contributed by atoms with van der Waals surface area (Å²) < 4.78 is 0. The van der Waals surface area contributed by atoms with E-state index < -0.39 is 0 Å². The summed E-state index contributed by atoms with van der Waals surface area (Å²) in [6, 6.07) is 0. The third-order valence-electron chi connectivity index (χ3n) is 3.72. The van der Waals surface area contributed by atoms with E-state index in [0.29, 0.717) is 0 Å². The molecule has 0 nitrogen and oxygen atoms in total. The molecule has 4 saturated carbocycles. The zero-order valence-electron chi connectivity index (χ0n) is 6.22. The van der Waals surface area contributed by atoms with Crippen LogP contribution in [0.2, 0.25) is 0 Å². The van der Waals surface area contributed by atoms with E-state index in [1.807, 2.05) is 0 Å². The first-order valence-electron chi connectivity index (χ1n) is 4.19. The van der Waals surface area contributed by atoms with E-state index in [4.69, 9.17) is 0 Å². The summed E-state index contributed by atoms with van der Waals surface area (Å²) in [6.07, 6.45) is 3.08.